The maximum absolute atomic E-state index is 6.28. The van der Waals surface area contributed by atoms with Crippen molar-refractivity contribution in [3.05, 3.63) is 72.5 Å². The molecule has 0 atom stereocenters. The lowest BCUT2D eigenvalue weighted by molar-refractivity contribution is -0.678. The summed E-state index contributed by atoms with van der Waals surface area (Å²) in [6.07, 6.45) is 32.5. The van der Waals surface area contributed by atoms with E-state index in [0.717, 1.165) is 48.1 Å². The lowest BCUT2D eigenvalue weighted by Crippen LogP contribution is -3.00. The standard InChI is InChI=1S/C40H59N2O2.HI/c1-3-5-6-7-8-9-10-11-12-13-14-15-16-17-18-19-20-25-34-42-36-28-22-24-30-38(36)44-40(42)32-26-31-39-41(33-4-2)35-27-21-23-29-37(35)43-39;/h21-24,26-32H,3-20,25,33-34H2,1-2H3;1H/q+1;/p-1. The Balaban J connectivity index is 0.00000552. The summed E-state index contributed by atoms with van der Waals surface area (Å²) >= 11 is 0. The van der Waals surface area contributed by atoms with Crippen molar-refractivity contribution in [2.24, 2.45) is 0 Å². The van der Waals surface area contributed by atoms with E-state index in [0.29, 0.717) is 0 Å². The smallest absolute Gasteiger partial charge is 0.374 e. The van der Waals surface area contributed by atoms with Crippen LogP contribution in [-0.4, -0.2) is 6.54 Å². The Kier molecular flexibility index (Phi) is 18.4. The number of oxazole rings is 1. The molecule has 3 aromatic rings. The number of aryl methyl sites for hydroxylation is 1. The Hall–Kier alpha value is -2.28. The van der Waals surface area contributed by atoms with Crippen LogP contribution in [0.25, 0.3) is 17.2 Å². The van der Waals surface area contributed by atoms with E-state index < -0.39 is 0 Å². The molecule has 248 valence electrons. The first-order valence-corrected chi connectivity index (χ1v) is 18.2. The number of fused-ring (bicyclic) bond motifs is 2. The normalized spacial score (nSPS) is 13.6. The van der Waals surface area contributed by atoms with Crippen molar-refractivity contribution in [2.75, 3.05) is 11.4 Å². The van der Waals surface area contributed by atoms with Crippen LogP contribution in [0.2, 0.25) is 0 Å². The molecule has 1 aliphatic rings. The number of halogens is 1. The summed E-state index contributed by atoms with van der Waals surface area (Å²) in [4.78, 5) is 2.34. The quantitative estimate of drug-likeness (QED) is 0.0556. The first-order valence-electron chi connectivity index (χ1n) is 18.2. The van der Waals surface area contributed by atoms with E-state index in [1.165, 1.54) is 121 Å². The van der Waals surface area contributed by atoms with Crippen LogP contribution in [0.4, 0.5) is 5.69 Å². The van der Waals surface area contributed by atoms with Gasteiger partial charge < -0.3 is 38.0 Å². The molecule has 0 amide bonds. The molecule has 0 saturated carbocycles. The molecule has 4 rings (SSSR count). The number of ether oxygens (including phenoxy) is 1. The van der Waals surface area contributed by atoms with E-state index in [-0.39, 0.29) is 24.0 Å². The van der Waals surface area contributed by atoms with Gasteiger partial charge in [-0.05, 0) is 36.8 Å². The van der Waals surface area contributed by atoms with Crippen molar-refractivity contribution in [2.45, 2.75) is 142 Å². The predicted octanol–water partition coefficient (Wildman–Crippen LogP) is 8.93. The highest BCUT2D eigenvalue weighted by Gasteiger charge is 2.25. The van der Waals surface area contributed by atoms with Crippen molar-refractivity contribution in [1.82, 2.24) is 0 Å². The van der Waals surface area contributed by atoms with Gasteiger partial charge in [0.2, 0.25) is 11.5 Å². The number of nitrogens with zero attached hydrogens (tertiary/aromatic N) is 2. The summed E-state index contributed by atoms with van der Waals surface area (Å²) in [6, 6.07) is 16.6. The number of allylic oxidation sites excluding steroid dienone is 2. The first-order chi connectivity index (χ1) is 21.8. The van der Waals surface area contributed by atoms with Crippen LogP contribution in [0, 0.1) is 0 Å². The van der Waals surface area contributed by atoms with Crippen LogP contribution in [0.1, 0.15) is 142 Å². The second kappa shape index (κ2) is 22.3. The lowest BCUT2D eigenvalue weighted by Gasteiger charge is -2.18. The summed E-state index contributed by atoms with van der Waals surface area (Å²) in [7, 11) is 0. The van der Waals surface area contributed by atoms with Gasteiger partial charge in [-0.3, -0.25) is 0 Å². The molecular formula is C40H59IN2O2. The largest absolute Gasteiger partial charge is 1.00 e. The van der Waals surface area contributed by atoms with Gasteiger partial charge in [0.05, 0.1) is 11.8 Å². The molecule has 0 radical (unpaired) electrons. The molecule has 2 heterocycles. The highest BCUT2D eigenvalue weighted by atomic mass is 127. The molecule has 1 aromatic heterocycles. The second-order valence-electron chi connectivity index (χ2n) is 12.7. The van der Waals surface area contributed by atoms with Crippen molar-refractivity contribution in [3.8, 4) is 5.75 Å². The fraction of sp³-hybridized carbons (Fsp3) is 0.575. The monoisotopic (exact) mass is 726 g/mol. The summed E-state index contributed by atoms with van der Waals surface area (Å²) in [5.41, 5.74) is 3.24. The molecule has 0 saturated heterocycles. The first kappa shape index (κ1) is 37.2. The molecule has 0 bridgehead atoms. The molecule has 4 nitrogen and oxygen atoms in total. The van der Waals surface area contributed by atoms with E-state index in [2.05, 4.69) is 71.9 Å². The summed E-state index contributed by atoms with van der Waals surface area (Å²) in [5, 5.41) is 0. The molecule has 0 aliphatic carbocycles. The fourth-order valence-corrected chi connectivity index (χ4v) is 6.42. The van der Waals surface area contributed by atoms with Crippen molar-refractivity contribution < 1.29 is 37.7 Å². The number of hydrogen-bond acceptors (Lipinski definition) is 3. The zero-order valence-corrected chi connectivity index (χ0v) is 30.4. The SMILES string of the molecule is CCCCCCCCCCCCCCCCCCCCN1C(=CC=Cc2oc3ccccc3[n+]2CCC)Oc2ccccc21.[I-]. The van der Waals surface area contributed by atoms with E-state index in [4.69, 9.17) is 9.15 Å². The second-order valence-corrected chi connectivity index (χ2v) is 12.7. The minimum atomic E-state index is 0. The average molecular weight is 727 g/mol. The summed E-state index contributed by atoms with van der Waals surface area (Å²) in [6.45, 7) is 6.41. The van der Waals surface area contributed by atoms with E-state index in [1.54, 1.807) is 0 Å². The lowest BCUT2D eigenvalue weighted by atomic mass is 10.0. The van der Waals surface area contributed by atoms with Gasteiger partial charge in [0.1, 0.15) is 0 Å². The summed E-state index contributed by atoms with van der Waals surface area (Å²) in [5.74, 6) is 2.71. The fourth-order valence-electron chi connectivity index (χ4n) is 6.42. The Labute approximate surface area is 291 Å². The highest BCUT2D eigenvalue weighted by Crippen LogP contribution is 2.38. The number of aromatic nitrogens is 1. The zero-order chi connectivity index (χ0) is 30.7. The maximum atomic E-state index is 6.28. The van der Waals surface area contributed by atoms with Gasteiger partial charge in [0.15, 0.2) is 12.3 Å². The number of anilines is 1. The minimum Gasteiger partial charge on any atom is -1.00 e. The summed E-state index contributed by atoms with van der Waals surface area (Å²) < 4.78 is 14.7. The van der Waals surface area contributed by atoms with Crippen LogP contribution in [0.15, 0.2) is 71.0 Å². The molecule has 0 spiro atoms. The van der Waals surface area contributed by atoms with Gasteiger partial charge in [-0.2, -0.15) is 4.57 Å². The molecule has 0 N–H and O–H groups in total. The van der Waals surface area contributed by atoms with E-state index in [1.807, 2.05) is 18.2 Å². The molecule has 0 unspecified atom stereocenters. The van der Waals surface area contributed by atoms with Gasteiger partial charge in [0, 0.05) is 19.0 Å². The molecular weight excluding hydrogens is 667 g/mol. The van der Waals surface area contributed by atoms with E-state index >= 15 is 0 Å². The molecule has 5 heteroatoms. The van der Waals surface area contributed by atoms with Crippen LogP contribution in [0.3, 0.4) is 0 Å². The van der Waals surface area contributed by atoms with Gasteiger partial charge >= 0.3 is 5.89 Å². The highest BCUT2D eigenvalue weighted by molar-refractivity contribution is 5.70. The molecule has 0 fully saturated rings. The number of benzene rings is 2. The van der Waals surface area contributed by atoms with Gasteiger partial charge in [-0.15, -0.1) is 0 Å². The van der Waals surface area contributed by atoms with Crippen molar-refractivity contribution in [3.63, 3.8) is 0 Å². The Morgan fingerprint density at radius 3 is 1.82 bits per heavy atom. The minimum absolute atomic E-state index is 0. The Morgan fingerprint density at radius 1 is 0.644 bits per heavy atom. The van der Waals surface area contributed by atoms with Crippen LogP contribution >= 0.6 is 0 Å². The topological polar surface area (TPSA) is 29.5 Å². The van der Waals surface area contributed by atoms with Gasteiger partial charge in [0.25, 0.3) is 5.52 Å². The van der Waals surface area contributed by atoms with Crippen LogP contribution in [-0.2, 0) is 6.54 Å². The van der Waals surface area contributed by atoms with Crippen LogP contribution < -0.4 is 38.2 Å². The molecule has 2 aromatic carbocycles. The zero-order valence-electron chi connectivity index (χ0n) is 28.3. The third kappa shape index (κ3) is 12.4. The molecule has 45 heavy (non-hydrogen) atoms. The Bertz CT molecular complexity index is 1280. The predicted molar refractivity (Wildman–Crippen MR) is 187 cm³/mol. The van der Waals surface area contributed by atoms with Crippen molar-refractivity contribution in [1.29, 1.82) is 0 Å². The molecule has 1 aliphatic heterocycles. The van der Waals surface area contributed by atoms with Gasteiger partial charge in [-0.1, -0.05) is 147 Å². The number of unbranched alkanes of at least 4 members (excludes halogenated alkanes) is 17. The average Bonchev–Trinajstić information content (AvgIpc) is 3.58. The third-order valence-electron chi connectivity index (χ3n) is 8.93. The van der Waals surface area contributed by atoms with Gasteiger partial charge in [-0.25, -0.2) is 0 Å². The number of rotatable bonds is 23. The number of hydrogen-bond donors (Lipinski definition) is 0. The third-order valence-corrected chi connectivity index (χ3v) is 8.93. The van der Waals surface area contributed by atoms with Crippen molar-refractivity contribution >= 4 is 22.9 Å². The Morgan fingerprint density at radius 2 is 1.20 bits per heavy atom. The number of para-hydroxylation sites is 4. The van der Waals surface area contributed by atoms with E-state index in [9.17, 15) is 0 Å². The van der Waals surface area contributed by atoms with Crippen LogP contribution in [0.5, 0.6) is 5.75 Å². The maximum Gasteiger partial charge on any atom is 0.374 e.